The first kappa shape index (κ1) is 17.6. The minimum Gasteiger partial charge on any atom is -0.338 e. The standard InChI is InChI=1S/C18H23N3O.ClH/c1-13-10-17(18(22)20-9-8-15(11-19)12-20)14(2)21(13)16-6-4-3-5-7-16;/h3-7,10,15H,8-9,11-12,19H2,1-2H3;1H. The van der Waals surface area contributed by atoms with Gasteiger partial charge >= 0.3 is 0 Å². The molecule has 1 fully saturated rings. The number of hydrogen-bond acceptors (Lipinski definition) is 2. The normalized spacial score (nSPS) is 17.2. The number of rotatable bonds is 3. The van der Waals surface area contributed by atoms with Gasteiger partial charge in [-0.25, -0.2) is 0 Å². The predicted octanol–water partition coefficient (Wildman–Crippen LogP) is 2.94. The van der Waals surface area contributed by atoms with Crippen LogP contribution >= 0.6 is 12.4 Å². The Hall–Kier alpha value is -1.78. The fraction of sp³-hybridized carbons (Fsp3) is 0.389. The molecule has 2 heterocycles. The van der Waals surface area contributed by atoms with E-state index in [4.69, 9.17) is 5.73 Å². The molecule has 1 aromatic carbocycles. The minimum atomic E-state index is 0. The van der Waals surface area contributed by atoms with Crippen molar-refractivity contribution in [3.8, 4) is 5.69 Å². The van der Waals surface area contributed by atoms with Crippen LogP contribution in [0, 0.1) is 19.8 Å². The van der Waals surface area contributed by atoms with Crippen LogP contribution in [0.5, 0.6) is 0 Å². The van der Waals surface area contributed by atoms with Crippen LogP contribution in [0.3, 0.4) is 0 Å². The zero-order chi connectivity index (χ0) is 15.7. The first-order valence-corrected chi connectivity index (χ1v) is 7.85. The number of para-hydroxylation sites is 1. The van der Waals surface area contributed by atoms with Crippen molar-refractivity contribution in [2.45, 2.75) is 20.3 Å². The number of carbonyl (C=O) groups is 1. The van der Waals surface area contributed by atoms with E-state index >= 15 is 0 Å². The number of likely N-dealkylation sites (tertiary alicyclic amines) is 1. The van der Waals surface area contributed by atoms with Gasteiger partial charge in [-0.05, 0) is 50.9 Å². The Labute approximate surface area is 143 Å². The maximum absolute atomic E-state index is 12.8. The van der Waals surface area contributed by atoms with E-state index in [0.29, 0.717) is 12.5 Å². The Balaban J connectivity index is 0.00000192. The largest absolute Gasteiger partial charge is 0.338 e. The molecule has 0 spiro atoms. The van der Waals surface area contributed by atoms with Crippen molar-refractivity contribution < 1.29 is 4.79 Å². The molecule has 3 rings (SSSR count). The molecular formula is C18H24ClN3O. The topological polar surface area (TPSA) is 51.3 Å². The number of aryl methyl sites for hydroxylation is 1. The smallest absolute Gasteiger partial charge is 0.255 e. The molecule has 1 aromatic heterocycles. The van der Waals surface area contributed by atoms with E-state index in [-0.39, 0.29) is 18.3 Å². The van der Waals surface area contributed by atoms with Crippen molar-refractivity contribution in [2.75, 3.05) is 19.6 Å². The molecular weight excluding hydrogens is 310 g/mol. The molecule has 2 aromatic rings. The molecule has 2 N–H and O–H groups in total. The second kappa shape index (κ2) is 7.20. The Morgan fingerprint density at radius 3 is 2.57 bits per heavy atom. The lowest BCUT2D eigenvalue weighted by molar-refractivity contribution is 0.0787. The number of nitrogens with zero attached hydrogens (tertiary/aromatic N) is 2. The molecule has 5 heteroatoms. The average Bonchev–Trinajstić information content (AvgIpc) is 3.12. The van der Waals surface area contributed by atoms with Crippen molar-refractivity contribution in [3.05, 3.63) is 53.3 Å². The van der Waals surface area contributed by atoms with E-state index < -0.39 is 0 Å². The minimum absolute atomic E-state index is 0. The summed E-state index contributed by atoms with van der Waals surface area (Å²) in [5.74, 6) is 0.577. The Morgan fingerprint density at radius 1 is 1.26 bits per heavy atom. The van der Waals surface area contributed by atoms with Gasteiger partial charge in [0.05, 0.1) is 5.56 Å². The van der Waals surface area contributed by atoms with Crippen LogP contribution in [-0.2, 0) is 0 Å². The third kappa shape index (κ3) is 3.28. The molecule has 4 nitrogen and oxygen atoms in total. The van der Waals surface area contributed by atoms with E-state index in [0.717, 1.165) is 42.1 Å². The maximum Gasteiger partial charge on any atom is 0.255 e. The quantitative estimate of drug-likeness (QED) is 0.939. The summed E-state index contributed by atoms with van der Waals surface area (Å²) in [5, 5.41) is 0. The van der Waals surface area contributed by atoms with Gasteiger partial charge in [0.15, 0.2) is 0 Å². The first-order valence-electron chi connectivity index (χ1n) is 7.85. The summed E-state index contributed by atoms with van der Waals surface area (Å²) in [6, 6.07) is 12.2. The van der Waals surface area contributed by atoms with Crippen LogP contribution in [-0.4, -0.2) is 35.0 Å². The summed E-state index contributed by atoms with van der Waals surface area (Å²) in [7, 11) is 0. The van der Waals surface area contributed by atoms with E-state index in [2.05, 4.69) is 16.7 Å². The van der Waals surface area contributed by atoms with E-state index in [1.165, 1.54) is 0 Å². The molecule has 1 aliphatic heterocycles. The van der Waals surface area contributed by atoms with Gasteiger partial charge in [-0.15, -0.1) is 12.4 Å². The summed E-state index contributed by atoms with van der Waals surface area (Å²) in [6.45, 7) is 6.32. The third-order valence-electron chi connectivity index (χ3n) is 4.58. The molecule has 1 unspecified atom stereocenters. The molecule has 23 heavy (non-hydrogen) atoms. The van der Waals surface area contributed by atoms with Crippen LogP contribution in [0.2, 0.25) is 0 Å². The number of nitrogens with two attached hydrogens (primary N) is 1. The van der Waals surface area contributed by atoms with Crippen molar-refractivity contribution in [1.29, 1.82) is 0 Å². The maximum atomic E-state index is 12.8. The Morgan fingerprint density at radius 2 is 1.96 bits per heavy atom. The molecule has 1 saturated heterocycles. The highest BCUT2D eigenvalue weighted by Crippen LogP contribution is 2.24. The van der Waals surface area contributed by atoms with Gasteiger partial charge in [-0.3, -0.25) is 4.79 Å². The fourth-order valence-electron chi connectivity index (χ4n) is 3.33. The van der Waals surface area contributed by atoms with Gasteiger partial charge in [0, 0.05) is 30.2 Å². The molecule has 0 saturated carbocycles. The molecule has 0 aliphatic carbocycles. The highest BCUT2D eigenvalue weighted by Gasteiger charge is 2.28. The van der Waals surface area contributed by atoms with Gasteiger partial charge in [-0.1, -0.05) is 18.2 Å². The summed E-state index contributed by atoms with van der Waals surface area (Å²) in [5.41, 5.74) is 9.72. The van der Waals surface area contributed by atoms with Crippen LogP contribution in [0.4, 0.5) is 0 Å². The van der Waals surface area contributed by atoms with Crippen LogP contribution in [0.1, 0.15) is 28.2 Å². The highest BCUT2D eigenvalue weighted by molar-refractivity contribution is 5.96. The Bertz CT molecular complexity index is 681. The number of aromatic nitrogens is 1. The molecule has 1 aliphatic rings. The second-order valence-corrected chi connectivity index (χ2v) is 6.10. The third-order valence-corrected chi connectivity index (χ3v) is 4.58. The molecule has 1 atom stereocenters. The van der Waals surface area contributed by atoms with Gasteiger partial charge in [0.25, 0.3) is 5.91 Å². The summed E-state index contributed by atoms with van der Waals surface area (Å²) in [6.07, 6.45) is 1.01. The average molecular weight is 334 g/mol. The first-order chi connectivity index (χ1) is 10.6. The zero-order valence-electron chi connectivity index (χ0n) is 13.7. The van der Waals surface area contributed by atoms with Crippen molar-refractivity contribution >= 4 is 18.3 Å². The van der Waals surface area contributed by atoms with E-state index in [9.17, 15) is 4.79 Å². The zero-order valence-corrected chi connectivity index (χ0v) is 14.5. The van der Waals surface area contributed by atoms with Crippen LogP contribution in [0.15, 0.2) is 36.4 Å². The molecule has 0 bridgehead atoms. The van der Waals surface area contributed by atoms with Crippen LogP contribution in [0.25, 0.3) is 5.69 Å². The fourth-order valence-corrected chi connectivity index (χ4v) is 3.33. The lowest BCUT2D eigenvalue weighted by Crippen LogP contribution is -2.30. The lowest BCUT2D eigenvalue weighted by Gasteiger charge is -2.16. The molecule has 0 radical (unpaired) electrons. The van der Waals surface area contributed by atoms with Gasteiger partial charge in [0.1, 0.15) is 0 Å². The van der Waals surface area contributed by atoms with Gasteiger partial charge in [0.2, 0.25) is 0 Å². The number of carbonyl (C=O) groups excluding carboxylic acids is 1. The highest BCUT2D eigenvalue weighted by atomic mass is 35.5. The van der Waals surface area contributed by atoms with Crippen molar-refractivity contribution in [3.63, 3.8) is 0 Å². The lowest BCUT2D eigenvalue weighted by atomic mass is 10.1. The SMILES string of the molecule is Cc1cc(C(=O)N2CCC(CN)C2)c(C)n1-c1ccccc1.Cl. The van der Waals surface area contributed by atoms with Crippen molar-refractivity contribution in [2.24, 2.45) is 11.7 Å². The Kier molecular flexibility index (Phi) is 5.50. The van der Waals surface area contributed by atoms with Crippen LogP contribution < -0.4 is 5.73 Å². The number of amides is 1. The summed E-state index contributed by atoms with van der Waals surface area (Å²) < 4.78 is 2.14. The van der Waals surface area contributed by atoms with Gasteiger partial charge in [-0.2, -0.15) is 0 Å². The van der Waals surface area contributed by atoms with Crippen molar-refractivity contribution in [1.82, 2.24) is 9.47 Å². The number of hydrogen-bond donors (Lipinski definition) is 1. The van der Waals surface area contributed by atoms with E-state index in [1.807, 2.05) is 43.0 Å². The van der Waals surface area contributed by atoms with E-state index in [1.54, 1.807) is 0 Å². The predicted molar refractivity (Wildman–Crippen MR) is 95.6 cm³/mol. The number of benzene rings is 1. The summed E-state index contributed by atoms with van der Waals surface area (Å²) in [4.78, 5) is 14.7. The number of halogens is 1. The van der Waals surface area contributed by atoms with Gasteiger partial charge < -0.3 is 15.2 Å². The second-order valence-electron chi connectivity index (χ2n) is 6.10. The monoisotopic (exact) mass is 333 g/mol. The molecule has 1 amide bonds. The summed E-state index contributed by atoms with van der Waals surface area (Å²) >= 11 is 0. The molecule has 124 valence electrons.